The molecule has 1 atom stereocenters. The van der Waals surface area contributed by atoms with Gasteiger partial charge in [-0.05, 0) is 61.0 Å². The highest BCUT2D eigenvalue weighted by molar-refractivity contribution is 6.35. The maximum atomic E-state index is 13.9. The number of Topliss-reactive ketones (excluding diaryl/α,β-unsaturated/α-hetero) is 1. The Hall–Kier alpha value is -3.50. The number of benzene rings is 1. The van der Waals surface area contributed by atoms with E-state index in [4.69, 9.17) is 11.6 Å². The van der Waals surface area contributed by atoms with E-state index in [1.54, 1.807) is 12.3 Å². The standard InChI is InChI=1S/C30H36ClN7O3/c1-30(2,3)16-37-15-22-18(11-23(31)26-21(22)13-33-36-26)10-19(28(37)40)12-25(39)24-5-4-17-14-38(20-6-8-32-9-7-20)29(41)35-27(17)34-24/h4-5,11,13,19-20,32H,6-10,12,14-16H2,1-3H3,(H,33,36)(H,34,35,41)/t19-/m0/s1. The summed E-state index contributed by atoms with van der Waals surface area (Å²) < 4.78 is 0. The van der Waals surface area contributed by atoms with Gasteiger partial charge in [0.2, 0.25) is 5.91 Å². The summed E-state index contributed by atoms with van der Waals surface area (Å²) in [4.78, 5) is 48.7. The number of urea groups is 1. The number of carbonyl (C=O) groups excluding carboxylic acids is 3. The van der Waals surface area contributed by atoms with Gasteiger partial charge in [0.15, 0.2) is 5.78 Å². The van der Waals surface area contributed by atoms with Gasteiger partial charge in [-0.1, -0.05) is 38.4 Å². The molecule has 3 amide bonds. The van der Waals surface area contributed by atoms with Gasteiger partial charge >= 0.3 is 6.03 Å². The molecule has 0 bridgehead atoms. The summed E-state index contributed by atoms with van der Waals surface area (Å²) in [6.45, 7) is 9.52. The Morgan fingerprint density at radius 2 is 1.90 bits per heavy atom. The normalized spacial score (nSPS) is 20.0. The topological polar surface area (TPSA) is 123 Å². The molecule has 0 unspecified atom stereocenters. The van der Waals surface area contributed by atoms with E-state index in [1.807, 2.05) is 21.9 Å². The van der Waals surface area contributed by atoms with Crippen LogP contribution in [0.1, 0.15) is 67.2 Å². The molecule has 0 aliphatic carbocycles. The second-order valence-electron chi connectivity index (χ2n) is 12.7. The minimum atomic E-state index is -0.561. The smallest absolute Gasteiger partial charge is 0.323 e. The number of halogens is 1. The number of carbonyl (C=O) groups is 3. The van der Waals surface area contributed by atoms with Crippen LogP contribution in [0.2, 0.25) is 5.02 Å². The first kappa shape index (κ1) is 27.7. The molecule has 3 aliphatic rings. The number of fused-ring (bicyclic) bond motifs is 4. The van der Waals surface area contributed by atoms with E-state index in [9.17, 15) is 14.4 Å². The number of ketones is 1. The molecule has 2 aromatic heterocycles. The summed E-state index contributed by atoms with van der Waals surface area (Å²) in [5.41, 5.74) is 3.73. The Balaban J connectivity index is 1.25. The fourth-order valence-electron chi connectivity index (χ4n) is 6.35. The van der Waals surface area contributed by atoms with E-state index in [2.05, 4.69) is 46.6 Å². The number of nitrogens with zero attached hydrogens (tertiary/aromatic N) is 4. The van der Waals surface area contributed by atoms with E-state index in [1.165, 1.54) is 0 Å². The molecular formula is C30H36ClN7O3. The zero-order valence-corrected chi connectivity index (χ0v) is 24.5. The SMILES string of the molecule is CC(C)(C)CN1Cc2c(cc(Cl)c3[nH]ncc23)C[C@@H](CC(=O)c2ccc3c(n2)NC(=O)N(C2CCNCC2)C3)C1=O. The van der Waals surface area contributed by atoms with Gasteiger partial charge < -0.3 is 15.1 Å². The van der Waals surface area contributed by atoms with Gasteiger partial charge in [0.05, 0.1) is 23.3 Å². The number of H-pyrrole nitrogens is 1. The molecule has 5 heterocycles. The zero-order valence-electron chi connectivity index (χ0n) is 23.7. The molecule has 0 spiro atoms. The number of anilines is 1. The van der Waals surface area contributed by atoms with E-state index in [-0.39, 0.29) is 41.3 Å². The molecule has 216 valence electrons. The second-order valence-corrected chi connectivity index (χ2v) is 13.1. The van der Waals surface area contributed by atoms with Crippen molar-refractivity contribution in [2.24, 2.45) is 11.3 Å². The minimum Gasteiger partial charge on any atom is -0.338 e. The third-order valence-corrected chi connectivity index (χ3v) is 8.60. The number of hydrogen-bond donors (Lipinski definition) is 3. The molecule has 11 heteroatoms. The molecule has 1 aromatic carbocycles. The number of piperidine rings is 1. The molecule has 0 saturated carbocycles. The number of hydrogen-bond acceptors (Lipinski definition) is 6. The Kier molecular flexibility index (Phi) is 7.23. The first-order valence-corrected chi connectivity index (χ1v) is 14.7. The van der Waals surface area contributed by atoms with Gasteiger partial charge in [-0.15, -0.1) is 0 Å². The average Bonchev–Trinajstić information content (AvgIpc) is 3.39. The maximum absolute atomic E-state index is 13.9. The zero-order chi connectivity index (χ0) is 28.9. The van der Waals surface area contributed by atoms with Crippen LogP contribution in [0.25, 0.3) is 10.9 Å². The molecule has 41 heavy (non-hydrogen) atoms. The van der Waals surface area contributed by atoms with Gasteiger partial charge in [-0.25, -0.2) is 9.78 Å². The Labute approximate surface area is 244 Å². The van der Waals surface area contributed by atoms with Crippen LogP contribution in [0.15, 0.2) is 24.4 Å². The van der Waals surface area contributed by atoms with Gasteiger partial charge in [0.1, 0.15) is 11.5 Å². The summed E-state index contributed by atoms with van der Waals surface area (Å²) in [5.74, 6) is -0.418. The van der Waals surface area contributed by atoms with Gasteiger partial charge in [0, 0.05) is 42.4 Å². The first-order valence-electron chi connectivity index (χ1n) is 14.3. The van der Waals surface area contributed by atoms with Gasteiger partial charge in [-0.3, -0.25) is 20.0 Å². The van der Waals surface area contributed by atoms with Crippen molar-refractivity contribution in [1.82, 2.24) is 30.3 Å². The lowest BCUT2D eigenvalue weighted by Crippen LogP contribution is -2.49. The van der Waals surface area contributed by atoms with Crippen LogP contribution in [0.4, 0.5) is 10.6 Å². The highest BCUT2D eigenvalue weighted by atomic mass is 35.5. The fraction of sp³-hybridized carbons (Fsp3) is 0.500. The monoisotopic (exact) mass is 577 g/mol. The first-order chi connectivity index (χ1) is 19.6. The van der Waals surface area contributed by atoms with Crippen LogP contribution in [0.3, 0.4) is 0 Å². The van der Waals surface area contributed by atoms with Crippen molar-refractivity contribution in [1.29, 1.82) is 0 Å². The highest BCUT2D eigenvalue weighted by Crippen LogP contribution is 2.35. The lowest BCUT2D eigenvalue weighted by atomic mass is 9.90. The van der Waals surface area contributed by atoms with Crippen molar-refractivity contribution in [3.63, 3.8) is 0 Å². The second kappa shape index (κ2) is 10.7. The average molecular weight is 578 g/mol. The van der Waals surface area contributed by atoms with Crippen molar-refractivity contribution in [2.45, 2.75) is 65.6 Å². The van der Waals surface area contributed by atoms with Crippen molar-refractivity contribution in [3.8, 4) is 0 Å². The molecule has 1 saturated heterocycles. The third-order valence-electron chi connectivity index (χ3n) is 8.31. The van der Waals surface area contributed by atoms with E-state index in [0.29, 0.717) is 36.9 Å². The summed E-state index contributed by atoms with van der Waals surface area (Å²) in [7, 11) is 0. The van der Waals surface area contributed by atoms with Gasteiger partial charge in [0.25, 0.3) is 0 Å². The number of aromatic amines is 1. The van der Waals surface area contributed by atoms with E-state index < -0.39 is 5.92 Å². The van der Waals surface area contributed by atoms with Crippen molar-refractivity contribution < 1.29 is 14.4 Å². The van der Waals surface area contributed by atoms with E-state index >= 15 is 0 Å². The molecule has 10 nitrogen and oxygen atoms in total. The molecule has 3 aromatic rings. The van der Waals surface area contributed by atoms with Crippen LogP contribution in [0.5, 0.6) is 0 Å². The summed E-state index contributed by atoms with van der Waals surface area (Å²) in [6, 6.07) is 5.48. The molecule has 6 rings (SSSR count). The van der Waals surface area contributed by atoms with Crippen LogP contribution in [-0.4, -0.2) is 68.4 Å². The van der Waals surface area contributed by atoms with E-state index in [0.717, 1.165) is 53.5 Å². The number of nitrogens with one attached hydrogen (secondary N) is 3. The molecular weight excluding hydrogens is 542 g/mol. The predicted molar refractivity (Wildman–Crippen MR) is 157 cm³/mol. The van der Waals surface area contributed by atoms with Crippen LogP contribution >= 0.6 is 11.6 Å². The Morgan fingerprint density at radius 1 is 1.12 bits per heavy atom. The molecule has 3 aliphatic heterocycles. The van der Waals surface area contributed by atoms with Crippen molar-refractivity contribution >= 4 is 46.0 Å². The lowest BCUT2D eigenvalue weighted by Gasteiger charge is -2.37. The number of aromatic nitrogens is 3. The summed E-state index contributed by atoms with van der Waals surface area (Å²) in [6.07, 6.45) is 3.99. The fourth-order valence-corrected chi connectivity index (χ4v) is 6.62. The van der Waals surface area contributed by atoms with Crippen LogP contribution in [0, 0.1) is 11.3 Å². The highest BCUT2D eigenvalue weighted by Gasteiger charge is 2.35. The minimum absolute atomic E-state index is 0.0148. The maximum Gasteiger partial charge on any atom is 0.323 e. The molecule has 1 fully saturated rings. The number of pyridine rings is 1. The predicted octanol–water partition coefficient (Wildman–Crippen LogP) is 4.53. The van der Waals surface area contributed by atoms with Crippen molar-refractivity contribution in [2.75, 3.05) is 25.0 Å². The molecule has 0 radical (unpaired) electrons. The third kappa shape index (κ3) is 5.55. The Morgan fingerprint density at radius 3 is 2.66 bits per heavy atom. The number of rotatable bonds is 5. The van der Waals surface area contributed by atoms with Gasteiger partial charge in [-0.2, -0.15) is 5.10 Å². The largest absolute Gasteiger partial charge is 0.338 e. The Bertz CT molecular complexity index is 1520. The quantitative estimate of drug-likeness (QED) is 0.383. The lowest BCUT2D eigenvalue weighted by molar-refractivity contribution is -0.137. The summed E-state index contributed by atoms with van der Waals surface area (Å²) >= 11 is 6.57. The number of amides is 3. The summed E-state index contributed by atoms with van der Waals surface area (Å²) in [5, 5.41) is 14.8. The van der Waals surface area contributed by atoms with Crippen molar-refractivity contribution in [3.05, 3.63) is 51.8 Å². The molecule has 3 N–H and O–H groups in total. The van der Waals surface area contributed by atoms with Crippen LogP contribution in [-0.2, 0) is 24.3 Å². The van der Waals surface area contributed by atoms with Crippen LogP contribution < -0.4 is 10.6 Å².